The first kappa shape index (κ1) is 12.2. The number of nitrogens with zero attached hydrogens (tertiary/aromatic N) is 4. The van der Waals surface area contributed by atoms with Crippen LogP contribution in [0.1, 0.15) is 32.2 Å². The largest absolute Gasteiger partial charge is 0.336 e. The zero-order valence-electron chi connectivity index (χ0n) is 11.4. The van der Waals surface area contributed by atoms with E-state index in [2.05, 4.69) is 45.3 Å². The number of rotatable bonds is 1. The van der Waals surface area contributed by atoms with Gasteiger partial charge in [-0.25, -0.2) is 9.97 Å². The van der Waals surface area contributed by atoms with Crippen LogP contribution in [0.25, 0.3) is 21.9 Å². The molecule has 3 aromatic rings. The molecule has 1 N–H and O–H groups in total. The molecule has 0 aliphatic heterocycles. The highest BCUT2D eigenvalue weighted by Gasteiger charge is 2.25. The zero-order chi connectivity index (χ0) is 13.6. The van der Waals surface area contributed by atoms with E-state index >= 15 is 0 Å². The molecule has 0 unspecified atom stereocenters. The molecule has 3 aromatic heterocycles. The average Bonchev–Trinajstić information content (AvgIpc) is 2.92. The Morgan fingerprint density at radius 1 is 1.16 bits per heavy atom. The Hall–Kier alpha value is -1.82. The summed E-state index contributed by atoms with van der Waals surface area (Å²) in [4.78, 5) is 13.3. The quantitative estimate of drug-likeness (QED) is 0.740. The number of aromatic nitrogens is 5. The summed E-state index contributed by atoms with van der Waals surface area (Å²) in [6.45, 7) is 8.33. The number of pyridine rings is 1. The lowest BCUT2D eigenvalue weighted by atomic mass is 9.91. The fraction of sp³-hybridized carbons (Fsp3) is 0.385. The van der Waals surface area contributed by atoms with Gasteiger partial charge >= 0.3 is 0 Å². The molecule has 0 aliphatic carbocycles. The first-order valence-corrected chi connectivity index (χ1v) is 6.89. The maximum Gasteiger partial charge on any atom is 0.178 e. The number of hydrogen-bond donors (Lipinski definition) is 1. The Bertz CT molecular complexity index is 735. The lowest BCUT2D eigenvalue weighted by Gasteiger charge is -2.15. The summed E-state index contributed by atoms with van der Waals surface area (Å²) in [7, 11) is 0. The van der Waals surface area contributed by atoms with E-state index in [0.29, 0.717) is 0 Å². The van der Waals surface area contributed by atoms with Gasteiger partial charge in [-0.15, -0.1) is 5.10 Å². The van der Waals surface area contributed by atoms with Crippen LogP contribution in [0, 0.1) is 6.92 Å². The van der Waals surface area contributed by atoms with Crippen LogP contribution < -0.4 is 0 Å². The Labute approximate surface area is 115 Å². The predicted octanol–water partition coefficient (Wildman–Crippen LogP) is 3.08. The average molecular weight is 273 g/mol. The predicted molar refractivity (Wildman–Crippen MR) is 76.2 cm³/mol. The number of H-pyrrole nitrogens is 1. The summed E-state index contributed by atoms with van der Waals surface area (Å²) < 4.78 is 4.06. The monoisotopic (exact) mass is 273 g/mol. The molecule has 0 radical (unpaired) electrons. The third kappa shape index (κ3) is 2.12. The molecular weight excluding hydrogens is 258 g/mol. The number of hydrogen-bond acceptors (Lipinski definition) is 5. The summed E-state index contributed by atoms with van der Waals surface area (Å²) in [5.41, 5.74) is 3.56. The van der Waals surface area contributed by atoms with E-state index in [1.54, 1.807) is 0 Å². The summed E-state index contributed by atoms with van der Waals surface area (Å²) in [6.07, 6.45) is 0. The summed E-state index contributed by atoms with van der Waals surface area (Å²) >= 11 is 1.37. The molecular formula is C13H15N5S. The highest BCUT2D eigenvalue weighted by molar-refractivity contribution is 7.09. The topological polar surface area (TPSA) is 67.3 Å². The molecule has 0 aromatic carbocycles. The second kappa shape index (κ2) is 4.09. The number of nitrogens with one attached hydrogen (secondary N) is 1. The normalized spacial score (nSPS) is 12.2. The summed E-state index contributed by atoms with van der Waals surface area (Å²) in [6, 6.07) is 3.97. The van der Waals surface area contributed by atoms with Gasteiger partial charge in [0, 0.05) is 11.1 Å². The number of fused-ring (bicyclic) bond motifs is 1. The fourth-order valence-electron chi connectivity index (χ4n) is 1.93. The van der Waals surface area contributed by atoms with Gasteiger partial charge in [-0.05, 0) is 30.6 Å². The van der Waals surface area contributed by atoms with Crippen molar-refractivity contribution in [2.24, 2.45) is 0 Å². The van der Waals surface area contributed by atoms with Gasteiger partial charge < -0.3 is 4.98 Å². The minimum absolute atomic E-state index is 0.0509. The standard InChI is InChI=1S/C13H15N5S/c1-7-5-6-8-11(14-7)16-12(15-8)9-10(13(2,3)4)17-18-19-9/h5-6H,1-4H3,(H,14,15,16). The van der Waals surface area contributed by atoms with Crippen molar-refractivity contribution in [2.75, 3.05) is 0 Å². The zero-order valence-corrected chi connectivity index (χ0v) is 12.2. The third-order valence-electron chi connectivity index (χ3n) is 2.90. The second-order valence-corrected chi connectivity index (χ2v) is 6.36. The van der Waals surface area contributed by atoms with E-state index in [1.165, 1.54) is 11.5 Å². The smallest absolute Gasteiger partial charge is 0.178 e. The van der Waals surface area contributed by atoms with Crippen molar-refractivity contribution in [1.82, 2.24) is 24.5 Å². The van der Waals surface area contributed by atoms with E-state index in [4.69, 9.17) is 0 Å². The Balaban J connectivity index is 2.17. The highest BCUT2D eigenvalue weighted by Crippen LogP contribution is 2.33. The lowest BCUT2D eigenvalue weighted by molar-refractivity contribution is 0.568. The molecule has 0 atom stereocenters. The fourth-order valence-corrected chi connectivity index (χ4v) is 2.75. The number of imidazole rings is 1. The van der Waals surface area contributed by atoms with Crippen LogP contribution in [0.2, 0.25) is 0 Å². The molecule has 3 rings (SSSR count). The maximum atomic E-state index is 4.55. The molecule has 0 saturated carbocycles. The maximum absolute atomic E-state index is 4.55. The first-order chi connectivity index (χ1) is 8.95. The van der Waals surface area contributed by atoms with Gasteiger partial charge in [0.05, 0.1) is 11.2 Å². The molecule has 0 spiro atoms. The van der Waals surface area contributed by atoms with Crippen LogP contribution >= 0.6 is 11.5 Å². The van der Waals surface area contributed by atoms with Crippen molar-refractivity contribution in [3.05, 3.63) is 23.5 Å². The Morgan fingerprint density at radius 3 is 2.68 bits per heavy atom. The van der Waals surface area contributed by atoms with Crippen LogP contribution in [0.4, 0.5) is 0 Å². The Morgan fingerprint density at radius 2 is 1.95 bits per heavy atom. The van der Waals surface area contributed by atoms with Gasteiger partial charge in [0.15, 0.2) is 11.5 Å². The van der Waals surface area contributed by atoms with Gasteiger partial charge in [-0.2, -0.15) is 0 Å². The van der Waals surface area contributed by atoms with Crippen molar-refractivity contribution >= 4 is 22.7 Å². The van der Waals surface area contributed by atoms with E-state index in [-0.39, 0.29) is 5.41 Å². The van der Waals surface area contributed by atoms with Crippen molar-refractivity contribution in [3.8, 4) is 10.7 Å². The molecule has 0 amide bonds. The SMILES string of the molecule is Cc1ccc2[nH]c(-c3snnc3C(C)(C)C)nc2n1. The molecule has 5 nitrogen and oxygen atoms in total. The minimum atomic E-state index is -0.0509. The first-order valence-electron chi connectivity index (χ1n) is 6.12. The van der Waals surface area contributed by atoms with Crippen LogP contribution in [0.5, 0.6) is 0 Å². The van der Waals surface area contributed by atoms with Gasteiger partial charge in [-0.3, -0.25) is 0 Å². The van der Waals surface area contributed by atoms with Crippen molar-refractivity contribution in [1.29, 1.82) is 0 Å². The van der Waals surface area contributed by atoms with E-state index in [9.17, 15) is 0 Å². The van der Waals surface area contributed by atoms with Gasteiger partial charge in [0.25, 0.3) is 0 Å². The minimum Gasteiger partial charge on any atom is -0.336 e. The molecule has 3 heterocycles. The molecule has 6 heteroatoms. The lowest BCUT2D eigenvalue weighted by Crippen LogP contribution is -2.13. The number of aryl methyl sites for hydroxylation is 1. The molecule has 98 valence electrons. The highest BCUT2D eigenvalue weighted by atomic mass is 32.1. The van der Waals surface area contributed by atoms with Crippen molar-refractivity contribution < 1.29 is 0 Å². The molecule has 0 saturated heterocycles. The third-order valence-corrected chi connectivity index (χ3v) is 3.63. The molecule has 0 bridgehead atoms. The Kier molecular flexibility index (Phi) is 2.63. The molecule has 0 fully saturated rings. The van der Waals surface area contributed by atoms with Crippen molar-refractivity contribution in [3.63, 3.8) is 0 Å². The van der Waals surface area contributed by atoms with Crippen molar-refractivity contribution in [2.45, 2.75) is 33.1 Å². The van der Waals surface area contributed by atoms with E-state index in [1.807, 2.05) is 19.1 Å². The summed E-state index contributed by atoms with van der Waals surface area (Å²) in [5, 5.41) is 4.24. The van der Waals surface area contributed by atoms with E-state index in [0.717, 1.165) is 33.3 Å². The van der Waals surface area contributed by atoms with E-state index < -0.39 is 0 Å². The van der Waals surface area contributed by atoms with Crippen LogP contribution in [-0.4, -0.2) is 24.5 Å². The van der Waals surface area contributed by atoms with Gasteiger partial charge in [-0.1, -0.05) is 25.3 Å². The second-order valence-electron chi connectivity index (χ2n) is 5.61. The molecule has 19 heavy (non-hydrogen) atoms. The van der Waals surface area contributed by atoms with Gasteiger partial charge in [0.1, 0.15) is 4.88 Å². The van der Waals surface area contributed by atoms with Crippen LogP contribution in [0.3, 0.4) is 0 Å². The van der Waals surface area contributed by atoms with Crippen LogP contribution in [0.15, 0.2) is 12.1 Å². The van der Waals surface area contributed by atoms with Gasteiger partial charge in [0.2, 0.25) is 0 Å². The summed E-state index contributed by atoms with van der Waals surface area (Å²) in [5.74, 6) is 0.799. The van der Waals surface area contributed by atoms with Crippen LogP contribution in [-0.2, 0) is 5.41 Å². The number of aromatic amines is 1. The molecule has 0 aliphatic rings.